The summed E-state index contributed by atoms with van der Waals surface area (Å²) in [6.45, 7) is 2.77. The molecule has 1 heterocycles. The first-order valence-electron chi connectivity index (χ1n) is 3.34. The number of aryl methyl sites for hydroxylation is 1. The van der Waals surface area contributed by atoms with Gasteiger partial charge in [-0.3, -0.25) is 4.68 Å². The van der Waals surface area contributed by atoms with Gasteiger partial charge < -0.3 is 0 Å². The Labute approximate surface area is 59.1 Å². The standard InChI is InChI=1S/C6H11N3O/c1-3-4-9-6(10)7-5-8(9)2/h5H,3-4H2,1-2H3. The number of hydrogen-bond donors (Lipinski definition) is 0. The second-order valence-corrected chi connectivity index (χ2v) is 2.22. The van der Waals surface area contributed by atoms with E-state index in [0.29, 0.717) is 0 Å². The molecule has 0 atom stereocenters. The lowest BCUT2D eigenvalue weighted by atomic mass is 10.5. The Balaban J connectivity index is 2.99. The van der Waals surface area contributed by atoms with Crippen molar-refractivity contribution in [3.8, 4) is 0 Å². The zero-order valence-electron chi connectivity index (χ0n) is 6.24. The van der Waals surface area contributed by atoms with Crippen molar-refractivity contribution in [2.75, 3.05) is 0 Å². The van der Waals surface area contributed by atoms with Crippen LogP contribution in [0.3, 0.4) is 0 Å². The molecule has 0 unspecified atom stereocenters. The Morgan fingerprint density at radius 3 is 2.80 bits per heavy atom. The van der Waals surface area contributed by atoms with Gasteiger partial charge in [0.2, 0.25) is 0 Å². The third-order valence-corrected chi connectivity index (χ3v) is 1.37. The van der Waals surface area contributed by atoms with Crippen molar-refractivity contribution in [2.45, 2.75) is 19.9 Å². The fraction of sp³-hybridized carbons (Fsp3) is 0.667. The first kappa shape index (κ1) is 7.05. The van der Waals surface area contributed by atoms with Crippen LogP contribution in [0.2, 0.25) is 0 Å². The largest absolute Gasteiger partial charge is 0.363 e. The Hall–Kier alpha value is -1.06. The third-order valence-electron chi connectivity index (χ3n) is 1.37. The molecule has 0 aromatic carbocycles. The topological polar surface area (TPSA) is 39.8 Å². The lowest BCUT2D eigenvalue weighted by molar-refractivity contribution is 0.489. The Bertz CT molecular complexity index is 260. The van der Waals surface area contributed by atoms with Crippen LogP contribution in [-0.2, 0) is 13.6 Å². The van der Waals surface area contributed by atoms with Crippen molar-refractivity contribution in [1.29, 1.82) is 0 Å². The zero-order valence-corrected chi connectivity index (χ0v) is 6.24. The first-order valence-corrected chi connectivity index (χ1v) is 3.34. The summed E-state index contributed by atoms with van der Waals surface area (Å²) >= 11 is 0. The van der Waals surface area contributed by atoms with Crippen LogP contribution in [0.25, 0.3) is 0 Å². The van der Waals surface area contributed by atoms with E-state index in [1.165, 1.54) is 6.33 Å². The number of rotatable bonds is 2. The van der Waals surface area contributed by atoms with Crippen LogP contribution >= 0.6 is 0 Å². The molecule has 0 bridgehead atoms. The van der Waals surface area contributed by atoms with Gasteiger partial charge >= 0.3 is 5.69 Å². The average Bonchev–Trinajstić information content (AvgIpc) is 2.20. The molecule has 10 heavy (non-hydrogen) atoms. The smallest absolute Gasteiger partial charge is 0.273 e. The van der Waals surface area contributed by atoms with Crippen molar-refractivity contribution < 1.29 is 0 Å². The minimum atomic E-state index is -0.163. The third kappa shape index (κ3) is 1.10. The predicted molar refractivity (Wildman–Crippen MR) is 37.8 cm³/mol. The van der Waals surface area contributed by atoms with Crippen LogP contribution in [-0.4, -0.2) is 14.3 Å². The van der Waals surface area contributed by atoms with E-state index in [-0.39, 0.29) is 5.69 Å². The second kappa shape index (κ2) is 2.68. The number of aromatic nitrogens is 3. The highest BCUT2D eigenvalue weighted by molar-refractivity contribution is 4.62. The van der Waals surface area contributed by atoms with Crippen LogP contribution in [0, 0.1) is 0 Å². The van der Waals surface area contributed by atoms with Gasteiger partial charge in [-0.2, -0.15) is 4.98 Å². The molecule has 0 aliphatic heterocycles. The molecule has 0 saturated heterocycles. The van der Waals surface area contributed by atoms with E-state index < -0.39 is 0 Å². The molecule has 0 saturated carbocycles. The highest BCUT2D eigenvalue weighted by Gasteiger charge is 1.97. The normalized spacial score (nSPS) is 10.2. The van der Waals surface area contributed by atoms with E-state index in [4.69, 9.17) is 0 Å². The van der Waals surface area contributed by atoms with Gasteiger partial charge in [0.1, 0.15) is 6.33 Å². The molecule has 1 rings (SSSR count). The molecular formula is C6H11N3O. The summed E-state index contributed by atoms with van der Waals surface area (Å²) in [6.07, 6.45) is 2.48. The second-order valence-electron chi connectivity index (χ2n) is 2.22. The Kier molecular flexibility index (Phi) is 1.89. The Morgan fingerprint density at radius 2 is 2.40 bits per heavy atom. The average molecular weight is 141 g/mol. The lowest BCUT2D eigenvalue weighted by Gasteiger charge is -2.01. The summed E-state index contributed by atoms with van der Waals surface area (Å²) in [7, 11) is 1.81. The molecule has 1 aromatic heterocycles. The number of nitrogens with zero attached hydrogens (tertiary/aromatic N) is 3. The maximum Gasteiger partial charge on any atom is 0.363 e. The van der Waals surface area contributed by atoms with Gasteiger partial charge in [-0.25, -0.2) is 9.48 Å². The van der Waals surface area contributed by atoms with Crippen molar-refractivity contribution in [3.63, 3.8) is 0 Å². The first-order chi connectivity index (χ1) is 4.75. The maximum atomic E-state index is 10.9. The van der Waals surface area contributed by atoms with Crippen LogP contribution in [0.1, 0.15) is 13.3 Å². The van der Waals surface area contributed by atoms with E-state index in [1.54, 1.807) is 9.36 Å². The quantitative estimate of drug-likeness (QED) is 0.581. The monoisotopic (exact) mass is 141 g/mol. The van der Waals surface area contributed by atoms with E-state index >= 15 is 0 Å². The fourth-order valence-corrected chi connectivity index (χ4v) is 0.862. The van der Waals surface area contributed by atoms with Gasteiger partial charge in [0, 0.05) is 13.6 Å². The summed E-state index contributed by atoms with van der Waals surface area (Å²) < 4.78 is 3.30. The molecule has 0 N–H and O–H groups in total. The van der Waals surface area contributed by atoms with Crippen molar-refractivity contribution in [2.24, 2.45) is 7.05 Å². The molecule has 0 radical (unpaired) electrons. The van der Waals surface area contributed by atoms with Gasteiger partial charge in [-0.05, 0) is 6.42 Å². The highest BCUT2D eigenvalue weighted by atomic mass is 16.2. The van der Waals surface area contributed by atoms with E-state index in [0.717, 1.165) is 13.0 Å². The predicted octanol–water partition coefficient (Wildman–Crippen LogP) is -0.00820. The molecule has 0 spiro atoms. The van der Waals surface area contributed by atoms with Gasteiger partial charge in [0.05, 0.1) is 0 Å². The van der Waals surface area contributed by atoms with E-state index in [1.807, 2.05) is 14.0 Å². The summed E-state index contributed by atoms with van der Waals surface area (Å²) in [6, 6.07) is 0. The van der Waals surface area contributed by atoms with E-state index in [2.05, 4.69) is 4.98 Å². The molecule has 56 valence electrons. The van der Waals surface area contributed by atoms with Crippen LogP contribution in [0.15, 0.2) is 11.1 Å². The minimum absolute atomic E-state index is 0.163. The SMILES string of the molecule is CCCn1c(=O)ncn1C. The molecule has 0 aliphatic rings. The molecule has 0 amide bonds. The lowest BCUT2D eigenvalue weighted by Crippen LogP contribution is -2.21. The molecule has 4 nitrogen and oxygen atoms in total. The van der Waals surface area contributed by atoms with Crippen LogP contribution < -0.4 is 5.69 Å². The van der Waals surface area contributed by atoms with Crippen LogP contribution in [0.4, 0.5) is 0 Å². The summed E-state index contributed by atoms with van der Waals surface area (Å²) in [5, 5.41) is 0. The van der Waals surface area contributed by atoms with Crippen molar-refractivity contribution in [3.05, 3.63) is 16.8 Å². The van der Waals surface area contributed by atoms with Gasteiger partial charge in [-0.1, -0.05) is 6.92 Å². The summed E-state index contributed by atoms with van der Waals surface area (Å²) in [5.74, 6) is 0. The summed E-state index contributed by atoms with van der Waals surface area (Å²) in [4.78, 5) is 14.5. The molecule has 0 fully saturated rings. The molecule has 1 aromatic rings. The number of hydrogen-bond acceptors (Lipinski definition) is 2. The minimum Gasteiger partial charge on any atom is -0.273 e. The van der Waals surface area contributed by atoms with Gasteiger partial charge in [0.25, 0.3) is 0 Å². The Morgan fingerprint density at radius 1 is 1.70 bits per heavy atom. The summed E-state index contributed by atoms with van der Waals surface area (Å²) in [5.41, 5.74) is -0.163. The maximum absolute atomic E-state index is 10.9. The van der Waals surface area contributed by atoms with Crippen molar-refractivity contribution >= 4 is 0 Å². The van der Waals surface area contributed by atoms with Gasteiger partial charge in [0.15, 0.2) is 0 Å². The fourth-order valence-electron chi connectivity index (χ4n) is 0.862. The highest BCUT2D eigenvalue weighted by Crippen LogP contribution is 1.82. The molecule has 4 heteroatoms. The van der Waals surface area contributed by atoms with Crippen LogP contribution in [0.5, 0.6) is 0 Å². The van der Waals surface area contributed by atoms with Crippen molar-refractivity contribution in [1.82, 2.24) is 14.3 Å². The molecular weight excluding hydrogens is 130 g/mol. The zero-order chi connectivity index (χ0) is 7.56. The van der Waals surface area contributed by atoms with Gasteiger partial charge in [-0.15, -0.1) is 0 Å². The van der Waals surface area contributed by atoms with E-state index in [9.17, 15) is 4.79 Å². The molecule has 0 aliphatic carbocycles.